The summed E-state index contributed by atoms with van der Waals surface area (Å²) in [4.78, 5) is 28.9. The Morgan fingerprint density at radius 1 is 0.944 bits per heavy atom. The van der Waals surface area contributed by atoms with Gasteiger partial charge in [-0.1, -0.05) is 37.0 Å². The van der Waals surface area contributed by atoms with Crippen LogP contribution in [0.1, 0.15) is 24.4 Å². The Hall–Kier alpha value is -3.07. The summed E-state index contributed by atoms with van der Waals surface area (Å²) in [5.41, 5.74) is 2.52. The monoisotopic (exact) mass is 544 g/mol. The van der Waals surface area contributed by atoms with Crippen LogP contribution in [0.5, 0.6) is 0 Å². The molecule has 1 fully saturated rings. The van der Waals surface area contributed by atoms with Crippen molar-refractivity contribution >= 4 is 63.7 Å². The molecule has 2 heterocycles. The summed E-state index contributed by atoms with van der Waals surface area (Å²) in [5.74, 6) is 0.353. The summed E-state index contributed by atoms with van der Waals surface area (Å²) in [5, 5.41) is 6.63. The van der Waals surface area contributed by atoms with E-state index in [0.29, 0.717) is 34.5 Å². The first-order chi connectivity index (χ1) is 17.2. The molecule has 1 aromatic heterocycles. The van der Waals surface area contributed by atoms with Crippen molar-refractivity contribution in [2.75, 3.05) is 36.4 Å². The van der Waals surface area contributed by atoms with Gasteiger partial charge in [-0.05, 0) is 66.8 Å². The van der Waals surface area contributed by atoms with Gasteiger partial charge < -0.3 is 19.5 Å². The molecule has 1 aliphatic rings. The average molecular weight is 545 g/mol. The van der Waals surface area contributed by atoms with Crippen molar-refractivity contribution in [3.8, 4) is 11.3 Å². The van der Waals surface area contributed by atoms with Gasteiger partial charge in [-0.3, -0.25) is 14.9 Å². The van der Waals surface area contributed by atoms with Crippen molar-refractivity contribution < 1.29 is 14.0 Å². The second-order valence-corrected chi connectivity index (χ2v) is 9.94. The molecule has 4 rings (SSSR count). The highest BCUT2D eigenvalue weighted by molar-refractivity contribution is 7.80. The molecule has 10 heteroatoms. The second-order valence-electron chi connectivity index (χ2n) is 8.71. The molecule has 0 spiro atoms. The lowest BCUT2D eigenvalue weighted by Crippen LogP contribution is -2.49. The van der Waals surface area contributed by atoms with Crippen molar-refractivity contribution in [3.05, 3.63) is 70.4 Å². The van der Waals surface area contributed by atoms with Crippen LogP contribution in [0.4, 0.5) is 11.4 Å². The van der Waals surface area contributed by atoms with E-state index in [1.54, 1.807) is 30.3 Å². The fraction of sp³-hybridized carbons (Fsp3) is 0.269. The molecule has 188 valence electrons. The van der Waals surface area contributed by atoms with Gasteiger partial charge in [0, 0.05) is 49.0 Å². The Morgan fingerprint density at radius 2 is 1.64 bits per heavy atom. The number of furan rings is 1. The fourth-order valence-electron chi connectivity index (χ4n) is 3.90. The number of nitrogens with one attached hydrogen (secondary N) is 2. The third kappa shape index (κ3) is 6.19. The fourth-order valence-corrected chi connectivity index (χ4v) is 4.41. The quantitative estimate of drug-likeness (QED) is 0.402. The summed E-state index contributed by atoms with van der Waals surface area (Å²) in [6.45, 7) is 6.85. The van der Waals surface area contributed by atoms with E-state index in [1.807, 2.05) is 43.0 Å². The van der Waals surface area contributed by atoms with Crippen LogP contribution in [-0.4, -0.2) is 48.0 Å². The molecule has 2 N–H and O–H groups in total. The van der Waals surface area contributed by atoms with Gasteiger partial charge in [-0.25, -0.2) is 0 Å². The van der Waals surface area contributed by atoms with Gasteiger partial charge >= 0.3 is 0 Å². The molecule has 0 radical (unpaired) electrons. The highest BCUT2D eigenvalue weighted by Gasteiger charge is 2.23. The number of carbonyl (C=O) groups is 2. The SMILES string of the molecule is CC(C)C(=O)N1CCN(c2ccc(NC(=S)NC(=O)c3ccc(-c4ccc(Cl)c(Cl)c4)o3)cc2)CC1. The number of amides is 2. The first-order valence-corrected chi connectivity index (χ1v) is 12.7. The highest BCUT2D eigenvalue weighted by atomic mass is 35.5. The number of hydrogen-bond acceptors (Lipinski definition) is 5. The Kier molecular flexibility index (Phi) is 8.18. The van der Waals surface area contributed by atoms with E-state index in [0.717, 1.165) is 24.5 Å². The molecular weight excluding hydrogens is 519 g/mol. The van der Waals surface area contributed by atoms with Crippen molar-refractivity contribution in [2.24, 2.45) is 5.92 Å². The normalized spacial score (nSPS) is 13.6. The van der Waals surface area contributed by atoms with Crippen LogP contribution < -0.4 is 15.5 Å². The second kappa shape index (κ2) is 11.3. The van der Waals surface area contributed by atoms with Crippen molar-refractivity contribution in [1.29, 1.82) is 0 Å². The molecule has 7 nitrogen and oxygen atoms in total. The molecule has 1 saturated heterocycles. The van der Waals surface area contributed by atoms with E-state index in [4.69, 9.17) is 39.8 Å². The van der Waals surface area contributed by atoms with Gasteiger partial charge in [0.05, 0.1) is 10.0 Å². The summed E-state index contributed by atoms with van der Waals surface area (Å²) < 4.78 is 5.66. The van der Waals surface area contributed by atoms with Crippen LogP contribution in [0.25, 0.3) is 11.3 Å². The van der Waals surface area contributed by atoms with Crippen LogP contribution in [0.2, 0.25) is 10.0 Å². The summed E-state index contributed by atoms with van der Waals surface area (Å²) in [7, 11) is 0. The smallest absolute Gasteiger partial charge is 0.293 e. The third-order valence-electron chi connectivity index (χ3n) is 5.84. The minimum absolute atomic E-state index is 0.0173. The zero-order valence-corrected chi connectivity index (χ0v) is 22.2. The Bertz CT molecular complexity index is 1270. The summed E-state index contributed by atoms with van der Waals surface area (Å²) in [6, 6.07) is 16.1. The lowest BCUT2D eigenvalue weighted by atomic mass is 10.1. The maximum atomic E-state index is 12.6. The van der Waals surface area contributed by atoms with E-state index >= 15 is 0 Å². The third-order valence-corrected chi connectivity index (χ3v) is 6.78. The maximum absolute atomic E-state index is 12.6. The summed E-state index contributed by atoms with van der Waals surface area (Å²) in [6.07, 6.45) is 0. The van der Waals surface area contributed by atoms with E-state index in [1.165, 1.54) is 0 Å². The van der Waals surface area contributed by atoms with Gasteiger partial charge in [-0.15, -0.1) is 0 Å². The molecular formula is C26H26Cl2N4O3S. The lowest BCUT2D eigenvalue weighted by Gasteiger charge is -2.37. The first kappa shape index (κ1) is 26.0. The van der Waals surface area contributed by atoms with Gasteiger partial charge in [0.15, 0.2) is 10.9 Å². The predicted molar refractivity (Wildman–Crippen MR) is 148 cm³/mol. The van der Waals surface area contributed by atoms with Crippen LogP contribution >= 0.6 is 35.4 Å². The first-order valence-electron chi connectivity index (χ1n) is 11.5. The number of benzene rings is 2. The zero-order chi connectivity index (χ0) is 25.8. The predicted octanol–water partition coefficient (Wildman–Crippen LogP) is 5.68. The Labute approximate surface area is 225 Å². The number of hydrogen-bond donors (Lipinski definition) is 2. The molecule has 0 aliphatic carbocycles. The Morgan fingerprint density at radius 3 is 2.28 bits per heavy atom. The lowest BCUT2D eigenvalue weighted by molar-refractivity contribution is -0.134. The molecule has 0 saturated carbocycles. The van der Waals surface area contributed by atoms with E-state index < -0.39 is 5.91 Å². The standard InChI is InChI=1S/C26H26Cl2N4O3S/c1-16(2)25(34)32-13-11-31(12-14-32)19-6-4-18(5-7-19)29-26(36)30-24(33)23-10-9-22(35-23)17-3-8-20(27)21(28)15-17/h3-10,15-16H,11-14H2,1-2H3,(H2,29,30,33,36). The van der Waals surface area contributed by atoms with Gasteiger partial charge in [0.25, 0.3) is 5.91 Å². The van der Waals surface area contributed by atoms with Crippen LogP contribution in [0.15, 0.2) is 59.0 Å². The van der Waals surface area contributed by atoms with E-state index in [9.17, 15) is 9.59 Å². The van der Waals surface area contributed by atoms with E-state index in [2.05, 4.69) is 15.5 Å². The topological polar surface area (TPSA) is 77.8 Å². The van der Waals surface area contributed by atoms with Gasteiger partial charge in [0.2, 0.25) is 5.91 Å². The molecule has 0 atom stereocenters. The largest absolute Gasteiger partial charge is 0.451 e. The minimum Gasteiger partial charge on any atom is -0.451 e. The number of nitrogens with zero attached hydrogens (tertiary/aromatic N) is 2. The van der Waals surface area contributed by atoms with Crippen molar-refractivity contribution in [1.82, 2.24) is 10.2 Å². The number of thiocarbonyl (C=S) groups is 1. The summed E-state index contributed by atoms with van der Waals surface area (Å²) >= 11 is 17.3. The Balaban J connectivity index is 1.29. The number of piperazine rings is 1. The molecule has 0 unspecified atom stereocenters. The van der Waals surface area contributed by atoms with Crippen LogP contribution in [0, 0.1) is 5.92 Å². The van der Waals surface area contributed by atoms with Crippen LogP contribution in [-0.2, 0) is 4.79 Å². The molecule has 0 bridgehead atoms. The van der Waals surface area contributed by atoms with E-state index in [-0.39, 0.29) is 22.7 Å². The van der Waals surface area contributed by atoms with Crippen molar-refractivity contribution in [2.45, 2.75) is 13.8 Å². The number of carbonyl (C=O) groups excluding carboxylic acids is 2. The van der Waals surface area contributed by atoms with Gasteiger partial charge in [0.1, 0.15) is 5.76 Å². The molecule has 3 aromatic rings. The van der Waals surface area contributed by atoms with Gasteiger partial charge in [-0.2, -0.15) is 0 Å². The number of anilines is 2. The number of halogens is 2. The molecule has 2 aromatic carbocycles. The molecule has 2 amide bonds. The maximum Gasteiger partial charge on any atom is 0.293 e. The van der Waals surface area contributed by atoms with Crippen LogP contribution in [0.3, 0.4) is 0 Å². The average Bonchev–Trinajstić information content (AvgIpc) is 3.36. The molecule has 1 aliphatic heterocycles. The minimum atomic E-state index is -0.468. The molecule has 36 heavy (non-hydrogen) atoms. The highest BCUT2D eigenvalue weighted by Crippen LogP contribution is 2.29. The van der Waals surface area contributed by atoms with Crippen molar-refractivity contribution in [3.63, 3.8) is 0 Å². The number of rotatable bonds is 5. The zero-order valence-electron chi connectivity index (χ0n) is 19.9.